The summed E-state index contributed by atoms with van der Waals surface area (Å²) >= 11 is 0. The van der Waals surface area contributed by atoms with Gasteiger partial charge in [-0.2, -0.15) is 0 Å². The van der Waals surface area contributed by atoms with Crippen molar-refractivity contribution < 1.29 is 107 Å². The van der Waals surface area contributed by atoms with Gasteiger partial charge in [0.25, 0.3) is 0 Å². The van der Waals surface area contributed by atoms with Crippen molar-refractivity contribution in [3.8, 4) is 0 Å². The zero-order valence-corrected chi connectivity index (χ0v) is 45.7. The Balaban J connectivity index is 2.86. The number of nitrogens with one attached hydrogen (secondary N) is 9. The van der Waals surface area contributed by atoms with E-state index >= 15 is 0 Å². The van der Waals surface area contributed by atoms with Gasteiger partial charge < -0.3 is 94.5 Å². The molecule has 1 heterocycles. The molecule has 0 bridgehead atoms. The maximum absolute atomic E-state index is 14.4. The summed E-state index contributed by atoms with van der Waals surface area (Å²) in [6, 6.07) is -10.1. The Labute approximate surface area is 472 Å². The number of ketones is 1. The summed E-state index contributed by atoms with van der Waals surface area (Å²) in [7, 11) is 0.999. The molecule has 18 N–H and O–H groups in total. The van der Waals surface area contributed by atoms with Crippen molar-refractivity contribution in [2.24, 2.45) is 17.6 Å². The second-order valence-electron chi connectivity index (χ2n) is 19.2. The highest BCUT2D eigenvalue weighted by molar-refractivity contribution is 6.04. The minimum absolute atomic E-state index is 0.00544. The zero-order valence-electron chi connectivity index (χ0n) is 45.7. The molecular weight excluding hydrogens is 1110 g/mol. The normalized spacial score (nSPS) is 24.3. The number of nitrogen functional groups attached to an aromatic ring is 1. The van der Waals surface area contributed by atoms with Gasteiger partial charge in [0.15, 0.2) is 5.78 Å². The number of carbonyl (C=O) groups excluding carboxylic acids is 12. The highest BCUT2D eigenvalue weighted by Gasteiger charge is 2.41. The number of ether oxygens (including phenoxy) is 1. The van der Waals surface area contributed by atoms with Crippen LogP contribution in [0.25, 0.3) is 0 Å². The number of likely N-dealkylation sites (N-methyl/N-ethyl adjacent to an activating group) is 1. The number of aliphatic hydroxyl groups excluding tert-OH is 1. The average molecular weight is 1180 g/mol. The number of aliphatic carboxylic acids is 4. The van der Waals surface area contributed by atoms with Gasteiger partial charge in [-0.25, -0.2) is 4.79 Å². The lowest BCUT2D eigenvalue weighted by atomic mass is 9.96. The second kappa shape index (κ2) is 33.4. The van der Waals surface area contributed by atoms with Crippen LogP contribution in [0.1, 0.15) is 83.0 Å². The van der Waals surface area contributed by atoms with Gasteiger partial charge in [0.2, 0.25) is 59.1 Å². The molecule has 34 nitrogen and oxygen atoms in total. The monoisotopic (exact) mass is 1180 g/mol. The molecule has 34 heteroatoms. The molecule has 1 aliphatic rings. The third kappa shape index (κ3) is 23.0. The van der Waals surface area contributed by atoms with Crippen LogP contribution in [0, 0.1) is 11.8 Å². The number of rotatable bonds is 18. The molecule has 0 aromatic heterocycles. The highest BCUT2D eigenvalue weighted by Crippen LogP contribution is 2.19. The highest BCUT2D eigenvalue weighted by atomic mass is 16.5. The molecule has 0 radical (unpaired) electrons. The molecule has 1 fully saturated rings. The number of hydrogen-bond acceptors (Lipinski definition) is 20. The van der Waals surface area contributed by atoms with Crippen LogP contribution in [0.3, 0.4) is 0 Å². The van der Waals surface area contributed by atoms with E-state index < -0.39 is 213 Å². The first-order valence-corrected chi connectivity index (χ1v) is 25.5. The molecule has 0 saturated carbocycles. The van der Waals surface area contributed by atoms with Crippen molar-refractivity contribution >= 4 is 100 Å². The standard InChI is InChI=1S/C49H70N12O22/c1-21(13-35(66)67)39-46(79)59-30(15-32(63)25-9-6-7-10-26(25)51)49(82)83-24(4)40(61(5)48(81)22(2)14-36(68)69)47(80)53-19-33(64)55-27(11-8-12-50)43(76)58-29(17-38(72)73)44(77)54-23(3)41(74)57-28(16-37(70)71)42(75)52-18-34(65)56-31(20-62)45(78)60-39/h6-7,9-10,21-24,27-31,39-40,62H,8,11-20,50-51H2,1-5H3,(H,52,75)(H,53,80)(H,54,77)(H,55,64)(H,56,65)(H,57,74)(H,58,76)(H,59,79)(H,60,78)(H,66,67)(H,68,69)(H,70,71)(H,72,73). The Bertz CT molecular complexity index is 2640. The fourth-order valence-corrected chi connectivity index (χ4v) is 8.04. The maximum Gasteiger partial charge on any atom is 0.329 e. The van der Waals surface area contributed by atoms with Crippen LogP contribution in [-0.2, 0) is 76.7 Å². The van der Waals surface area contributed by atoms with Crippen molar-refractivity contribution in [1.29, 1.82) is 0 Å². The number of cyclic esters (lactones) is 1. The molecule has 10 amide bonds. The number of para-hydroxylation sites is 1. The summed E-state index contributed by atoms with van der Waals surface area (Å²) < 4.78 is 5.63. The van der Waals surface area contributed by atoms with E-state index in [-0.39, 0.29) is 30.6 Å². The molecule has 1 aromatic rings. The van der Waals surface area contributed by atoms with Gasteiger partial charge in [-0.1, -0.05) is 26.0 Å². The first-order chi connectivity index (χ1) is 38.8. The number of hydrogen-bond donors (Lipinski definition) is 16. The minimum atomic E-state index is -2.15. The average Bonchev–Trinajstić information content (AvgIpc) is 3.52. The molecule has 11 atom stereocenters. The Morgan fingerprint density at radius 3 is 1.66 bits per heavy atom. The predicted octanol–water partition coefficient (Wildman–Crippen LogP) is -6.84. The number of carbonyl (C=O) groups is 16. The van der Waals surface area contributed by atoms with Crippen molar-refractivity contribution in [3.05, 3.63) is 29.8 Å². The molecule has 0 aliphatic carbocycles. The number of anilines is 1. The van der Waals surface area contributed by atoms with Crippen LogP contribution in [-0.4, -0.2) is 213 Å². The Kier molecular flexibility index (Phi) is 28.1. The van der Waals surface area contributed by atoms with Crippen LogP contribution in [0.5, 0.6) is 0 Å². The smallest absolute Gasteiger partial charge is 0.329 e. The van der Waals surface area contributed by atoms with Gasteiger partial charge >= 0.3 is 29.8 Å². The van der Waals surface area contributed by atoms with E-state index in [0.717, 1.165) is 27.8 Å². The fraction of sp³-hybridized carbons (Fsp3) is 0.551. The third-order valence-electron chi connectivity index (χ3n) is 12.4. The van der Waals surface area contributed by atoms with Crippen molar-refractivity contribution in [2.75, 3.05) is 39.0 Å². The summed E-state index contributed by atoms with van der Waals surface area (Å²) in [4.78, 5) is 212. The summed E-state index contributed by atoms with van der Waals surface area (Å²) in [5.41, 5.74) is 11.4. The van der Waals surface area contributed by atoms with Crippen LogP contribution < -0.4 is 59.3 Å². The lowest BCUT2D eigenvalue weighted by molar-refractivity contribution is -0.161. The van der Waals surface area contributed by atoms with E-state index in [4.69, 9.17) is 16.2 Å². The molecule has 83 heavy (non-hydrogen) atoms. The largest absolute Gasteiger partial charge is 0.481 e. The number of carboxylic acids is 4. The third-order valence-corrected chi connectivity index (χ3v) is 12.4. The molecule has 1 aromatic carbocycles. The van der Waals surface area contributed by atoms with E-state index in [1.165, 1.54) is 31.2 Å². The van der Waals surface area contributed by atoms with E-state index in [1.807, 2.05) is 16.0 Å². The number of Topliss-reactive ketones (excluding diaryl/α,β-unsaturated/α-hetero) is 1. The Morgan fingerprint density at radius 1 is 0.614 bits per heavy atom. The number of aliphatic hydroxyl groups is 1. The van der Waals surface area contributed by atoms with Crippen molar-refractivity contribution in [3.63, 3.8) is 0 Å². The molecule has 458 valence electrons. The molecule has 1 aliphatic heterocycles. The number of benzene rings is 1. The van der Waals surface area contributed by atoms with E-state index in [0.29, 0.717) is 4.90 Å². The number of nitrogens with zero attached hydrogens (tertiary/aromatic N) is 1. The van der Waals surface area contributed by atoms with Gasteiger partial charge in [-0.15, -0.1) is 0 Å². The summed E-state index contributed by atoms with van der Waals surface area (Å²) in [5, 5.41) is 67.6. The summed E-state index contributed by atoms with van der Waals surface area (Å²) in [6.45, 7) is 0.909. The van der Waals surface area contributed by atoms with Crippen molar-refractivity contribution in [1.82, 2.24) is 52.8 Å². The second-order valence-corrected chi connectivity index (χ2v) is 19.2. The molecule has 2 rings (SSSR count). The minimum Gasteiger partial charge on any atom is -0.481 e. The molecule has 0 spiro atoms. The first kappa shape index (κ1) is 69.8. The van der Waals surface area contributed by atoms with E-state index in [2.05, 4.69) is 31.9 Å². The quantitative estimate of drug-likeness (QED) is 0.0369. The van der Waals surface area contributed by atoms with Gasteiger partial charge in [-0.05, 0) is 51.3 Å². The predicted molar refractivity (Wildman–Crippen MR) is 280 cm³/mol. The number of nitrogens with two attached hydrogens (primary N) is 2. The van der Waals surface area contributed by atoms with Crippen LogP contribution in [0.15, 0.2) is 24.3 Å². The summed E-state index contributed by atoms with van der Waals surface area (Å²) in [6.07, 6.45) is -7.10. The maximum atomic E-state index is 14.4. The van der Waals surface area contributed by atoms with Crippen LogP contribution >= 0.6 is 0 Å². The van der Waals surface area contributed by atoms with Crippen LogP contribution in [0.2, 0.25) is 0 Å². The Morgan fingerprint density at radius 2 is 1.12 bits per heavy atom. The SMILES string of the molecule is CC(CC(=O)O)C(=O)N(C)C1C(=O)NCC(=O)NC(CCCN)C(=O)NC(CC(=O)O)C(=O)NC(C)C(=O)NC(CC(=O)O)C(=O)NCC(=O)NC(CO)C(=O)NC(C(C)CC(=O)O)C(=O)NC(CC(=O)c2ccccc2N)C(=O)OC1C. The number of amides is 10. The molecule has 1 saturated heterocycles. The number of carboxylic acid groups (broad SMARTS) is 4. The van der Waals surface area contributed by atoms with E-state index in [9.17, 15) is 102 Å². The van der Waals surface area contributed by atoms with Crippen LogP contribution in [0.4, 0.5) is 5.69 Å². The fourth-order valence-electron chi connectivity index (χ4n) is 8.04. The summed E-state index contributed by atoms with van der Waals surface area (Å²) in [5.74, 6) is -24.2. The van der Waals surface area contributed by atoms with Gasteiger partial charge in [-0.3, -0.25) is 71.9 Å². The first-order valence-electron chi connectivity index (χ1n) is 25.5. The van der Waals surface area contributed by atoms with Gasteiger partial charge in [0, 0.05) is 30.6 Å². The molecule has 11 unspecified atom stereocenters. The zero-order chi connectivity index (χ0) is 63.0. The van der Waals surface area contributed by atoms with Gasteiger partial charge in [0.1, 0.15) is 54.4 Å². The lowest BCUT2D eigenvalue weighted by Crippen LogP contribution is -2.60. The Hall–Kier alpha value is -9.34. The van der Waals surface area contributed by atoms with Crippen molar-refractivity contribution in [2.45, 2.75) is 127 Å². The molecular formula is C49H70N12O22. The number of esters is 1. The van der Waals surface area contributed by atoms with E-state index in [1.54, 1.807) is 0 Å². The van der Waals surface area contributed by atoms with Gasteiger partial charge in [0.05, 0.1) is 45.4 Å². The lowest BCUT2D eigenvalue weighted by Gasteiger charge is -2.33. The topological polar surface area (TPSA) is 547 Å².